The van der Waals surface area contributed by atoms with E-state index < -0.39 is 0 Å². The molecule has 0 saturated heterocycles. The third kappa shape index (κ3) is 2.17. The summed E-state index contributed by atoms with van der Waals surface area (Å²) in [6, 6.07) is 5.62. The summed E-state index contributed by atoms with van der Waals surface area (Å²) >= 11 is 6.06. The predicted molar refractivity (Wildman–Crippen MR) is 80.5 cm³/mol. The van der Waals surface area contributed by atoms with Gasteiger partial charge in [0.15, 0.2) is 5.82 Å². The number of anilines is 1. The summed E-state index contributed by atoms with van der Waals surface area (Å²) in [6.45, 7) is 1.71. The van der Waals surface area contributed by atoms with Crippen molar-refractivity contribution in [1.82, 2.24) is 24.9 Å². The van der Waals surface area contributed by atoms with Crippen molar-refractivity contribution in [1.29, 1.82) is 0 Å². The standard InChI is InChI=1S/C13H15ClN6/c1-15-5-6-19(2)12-13-18-16-8-20(13)11-7-9(14)3-4-10(11)17-12/h3-4,7-8,15H,5-6H2,1-2H3. The van der Waals surface area contributed by atoms with Crippen LogP contribution in [-0.2, 0) is 0 Å². The summed E-state index contributed by atoms with van der Waals surface area (Å²) in [5, 5.41) is 12.0. The predicted octanol–water partition coefficient (Wildman–Crippen LogP) is 1.59. The average molecular weight is 291 g/mol. The van der Waals surface area contributed by atoms with Gasteiger partial charge in [0, 0.05) is 25.2 Å². The van der Waals surface area contributed by atoms with Crippen LogP contribution < -0.4 is 10.2 Å². The van der Waals surface area contributed by atoms with E-state index in [1.807, 2.05) is 36.7 Å². The zero-order chi connectivity index (χ0) is 14.1. The zero-order valence-corrected chi connectivity index (χ0v) is 12.1. The minimum Gasteiger partial charge on any atom is -0.355 e. The third-order valence-corrected chi connectivity index (χ3v) is 3.46. The van der Waals surface area contributed by atoms with E-state index in [4.69, 9.17) is 11.6 Å². The summed E-state index contributed by atoms with van der Waals surface area (Å²) < 4.78 is 1.92. The fourth-order valence-electron chi connectivity index (χ4n) is 2.15. The molecule has 6 nitrogen and oxygen atoms in total. The van der Waals surface area contributed by atoms with E-state index in [1.54, 1.807) is 6.33 Å². The first-order valence-electron chi connectivity index (χ1n) is 6.35. The van der Waals surface area contributed by atoms with Crippen molar-refractivity contribution in [3.05, 3.63) is 29.5 Å². The molecule has 1 N–H and O–H groups in total. The molecule has 20 heavy (non-hydrogen) atoms. The highest BCUT2D eigenvalue weighted by Crippen LogP contribution is 2.24. The Bertz CT molecular complexity index is 753. The first-order valence-corrected chi connectivity index (χ1v) is 6.73. The second-order valence-corrected chi connectivity index (χ2v) is 5.05. The lowest BCUT2D eigenvalue weighted by molar-refractivity contribution is 0.762. The SMILES string of the molecule is CNCCN(C)c1nc2ccc(Cl)cc2n2cnnc12. The number of benzene rings is 1. The van der Waals surface area contributed by atoms with Gasteiger partial charge in [-0.3, -0.25) is 4.40 Å². The van der Waals surface area contributed by atoms with Crippen LogP contribution in [0.25, 0.3) is 16.7 Å². The molecule has 0 aliphatic heterocycles. The Labute approximate surface area is 121 Å². The molecule has 2 heterocycles. The number of rotatable bonds is 4. The molecule has 0 aliphatic carbocycles. The lowest BCUT2D eigenvalue weighted by Crippen LogP contribution is -2.28. The first kappa shape index (κ1) is 13.1. The number of hydrogen-bond acceptors (Lipinski definition) is 5. The molecule has 0 bridgehead atoms. The Morgan fingerprint density at radius 3 is 3.05 bits per heavy atom. The summed E-state index contributed by atoms with van der Waals surface area (Å²) in [6.07, 6.45) is 1.69. The molecular formula is C13H15ClN6. The molecule has 0 fully saturated rings. The van der Waals surface area contributed by atoms with Crippen LogP contribution in [0.1, 0.15) is 0 Å². The van der Waals surface area contributed by atoms with E-state index in [9.17, 15) is 0 Å². The quantitative estimate of drug-likeness (QED) is 0.791. The molecule has 0 saturated carbocycles. The van der Waals surface area contributed by atoms with Gasteiger partial charge in [-0.25, -0.2) is 4.98 Å². The van der Waals surface area contributed by atoms with Crippen molar-refractivity contribution in [2.24, 2.45) is 0 Å². The van der Waals surface area contributed by atoms with Crippen molar-refractivity contribution < 1.29 is 0 Å². The van der Waals surface area contributed by atoms with Gasteiger partial charge < -0.3 is 10.2 Å². The normalized spacial score (nSPS) is 11.3. The minimum absolute atomic E-state index is 0.672. The van der Waals surface area contributed by atoms with Gasteiger partial charge in [-0.1, -0.05) is 11.6 Å². The molecule has 0 atom stereocenters. The van der Waals surface area contributed by atoms with E-state index in [0.29, 0.717) is 5.02 Å². The number of halogens is 1. The van der Waals surface area contributed by atoms with Crippen molar-refractivity contribution in [2.45, 2.75) is 0 Å². The molecule has 7 heteroatoms. The van der Waals surface area contributed by atoms with E-state index in [-0.39, 0.29) is 0 Å². The summed E-state index contributed by atoms with van der Waals surface area (Å²) in [4.78, 5) is 6.75. The highest BCUT2D eigenvalue weighted by molar-refractivity contribution is 6.31. The Hall–Kier alpha value is -1.92. The number of aromatic nitrogens is 4. The molecule has 0 amide bonds. The number of nitrogens with zero attached hydrogens (tertiary/aromatic N) is 5. The number of likely N-dealkylation sites (N-methyl/N-ethyl adjacent to an activating group) is 2. The molecule has 1 aromatic carbocycles. The molecule has 104 valence electrons. The van der Waals surface area contributed by atoms with Crippen LogP contribution in [0.15, 0.2) is 24.5 Å². The van der Waals surface area contributed by atoms with Crippen LogP contribution in [-0.4, -0.2) is 46.8 Å². The van der Waals surface area contributed by atoms with Gasteiger partial charge in [0.1, 0.15) is 6.33 Å². The Morgan fingerprint density at radius 1 is 1.40 bits per heavy atom. The highest BCUT2D eigenvalue weighted by Gasteiger charge is 2.13. The summed E-state index contributed by atoms with van der Waals surface area (Å²) in [5.41, 5.74) is 2.51. The molecule has 2 aromatic heterocycles. The molecule has 0 unspecified atom stereocenters. The van der Waals surface area contributed by atoms with Crippen molar-refractivity contribution in [3.8, 4) is 0 Å². The largest absolute Gasteiger partial charge is 0.355 e. The molecular weight excluding hydrogens is 276 g/mol. The first-order chi connectivity index (χ1) is 9.70. The fraction of sp³-hybridized carbons (Fsp3) is 0.308. The highest BCUT2D eigenvalue weighted by atomic mass is 35.5. The van der Waals surface area contributed by atoms with Crippen LogP contribution in [0, 0.1) is 0 Å². The maximum absolute atomic E-state index is 6.06. The number of fused-ring (bicyclic) bond motifs is 3. The van der Waals surface area contributed by atoms with E-state index in [2.05, 4.69) is 25.4 Å². The van der Waals surface area contributed by atoms with Crippen LogP contribution >= 0.6 is 11.6 Å². The fourth-order valence-corrected chi connectivity index (χ4v) is 2.32. The molecule has 0 radical (unpaired) electrons. The maximum Gasteiger partial charge on any atom is 0.204 e. The van der Waals surface area contributed by atoms with Crippen molar-refractivity contribution in [2.75, 3.05) is 32.1 Å². The van der Waals surface area contributed by atoms with Crippen LogP contribution in [0.2, 0.25) is 5.02 Å². The zero-order valence-electron chi connectivity index (χ0n) is 11.3. The molecule has 3 rings (SSSR count). The van der Waals surface area contributed by atoms with Gasteiger partial charge in [-0.15, -0.1) is 10.2 Å². The van der Waals surface area contributed by atoms with Crippen molar-refractivity contribution in [3.63, 3.8) is 0 Å². The van der Waals surface area contributed by atoms with Gasteiger partial charge in [-0.05, 0) is 25.2 Å². The summed E-state index contributed by atoms with van der Waals surface area (Å²) in [7, 11) is 3.92. The van der Waals surface area contributed by atoms with E-state index in [1.165, 1.54) is 0 Å². The Kier molecular flexibility index (Phi) is 3.42. The average Bonchev–Trinajstić information content (AvgIpc) is 2.93. The lowest BCUT2D eigenvalue weighted by atomic mass is 10.3. The van der Waals surface area contributed by atoms with Gasteiger partial charge >= 0.3 is 0 Å². The number of hydrogen-bond donors (Lipinski definition) is 1. The van der Waals surface area contributed by atoms with Gasteiger partial charge in [0.2, 0.25) is 5.65 Å². The second kappa shape index (κ2) is 5.22. The van der Waals surface area contributed by atoms with Gasteiger partial charge in [0.05, 0.1) is 11.0 Å². The van der Waals surface area contributed by atoms with Gasteiger partial charge in [-0.2, -0.15) is 0 Å². The molecule has 3 aromatic rings. The van der Waals surface area contributed by atoms with Crippen LogP contribution in [0.4, 0.5) is 5.82 Å². The number of nitrogens with one attached hydrogen (secondary N) is 1. The summed E-state index contributed by atoms with van der Waals surface area (Å²) in [5.74, 6) is 0.813. The maximum atomic E-state index is 6.06. The smallest absolute Gasteiger partial charge is 0.204 e. The minimum atomic E-state index is 0.672. The molecule has 0 spiro atoms. The van der Waals surface area contributed by atoms with Crippen molar-refractivity contribution >= 4 is 34.1 Å². The van der Waals surface area contributed by atoms with Crippen LogP contribution in [0.3, 0.4) is 0 Å². The van der Waals surface area contributed by atoms with E-state index in [0.717, 1.165) is 35.6 Å². The van der Waals surface area contributed by atoms with Gasteiger partial charge in [0.25, 0.3) is 0 Å². The topological polar surface area (TPSA) is 58.4 Å². The van der Waals surface area contributed by atoms with E-state index >= 15 is 0 Å². The Morgan fingerprint density at radius 2 is 2.25 bits per heavy atom. The second-order valence-electron chi connectivity index (χ2n) is 4.62. The Balaban J connectivity index is 2.20. The lowest BCUT2D eigenvalue weighted by Gasteiger charge is -2.19. The third-order valence-electron chi connectivity index (χ3n) is 3.23. The molecule has 0 aliphatic rings. The van der Waals surface area contributed by atoms with Crippen LogP contribution in [0.5, 0.6) is 0 Å². The monoisotopic (exact) mass is 290 g/mol.